The molecule has 2 aromatic heterocycles. The lowest BCUT2D eigenvalue weighted by atomic mass is 10.1. The summed E-state index contributed by atoms with van der Waals surface area (Å²) in [4.78, 5) is 17.5. The van der Waals surface area contributed by atoms with Crippen molar-refractivity contribution in [1.82, 2.24) is 4.98 Å². The number of thiophene rings is 1. The number of anilines is 1. The van der Waals surface area contributed by atoms with Gasteiger partial charge in [-0.25, -0.2) is 4.39 Å². The Labute approximate surface area is 138 Å². The molecule has 23 heavy (non-hydrogen) atoms. The van der Waals surface area contributed by atoms with E-state index in [-0.39, 0.29) is 19.2 Å². The van der Waals surface area contributed by atoms with Crippen molar-refractivity contribution >= 4 is 22.9 Å². The van der Waals surface area contributed by atoms with Crippen LogP contribution >= 0.6 is 11.3 Å². The Balaban J connectivity index is 0.00000192. The number of aryl methyl sites for hydroxylation is 1. The Kier molecular flexibility index (Phi) is 5.24. The van der Waals surface area contributed by atoms with Crippen LogP contribution in [-0.2, 0) is 0 Å². The molecule has 3 rings (SSSR count). The van der Waals surface area contributed by atoms with Crippen LogP contribution in [0.1, 0.15) is 23.3 Å². The monoisotopic (exact) mass is 328 g/mol. The number of pyridine rings is 1. The minimum absolute atomic E-state index is 0. The van der Waals surface area contributed by atoms with E-state index in [1.165, 1.54) is 18.3 Å². The Hall–Kier alpha value is -2.53. The number of amides is 1. The summed E-state index contributed by atoms with van der Waals surface area (Å²) < 4.78 is 13.3. The molecular formula is C18H17FN2OS. The molecule has 0 bridgehead atoms. The van der Waals surface area contributed by atoms with E-state index in [1.807, 2.05) is 24.4 Å². The van der Waals surface area contributed by atoms with Gasteiger partial charge < -0.3 is 5.32 Å². The Morgan fingerprint density at radius 1 is 1.22 bits per heavy atom. The molecule has 0 aliphatic rings. The number of aromatic nitrogens is 1. The van der Waals surface area contributed by atoms with Crippen LogP contribution in [0.5, 0.6) is 0 Å². The highest BCUT2D eigenvalue weighted by Crippen LogP contribution is 2.25. The van der Waals surface area contributed by atoms with Crippen LogP contribution in [0.4, 0.5) is 10.1 Å². The van der Waals surface area contributed by atoms with Crippen molar-refractivity contribution in [2.24, 2.45) is 0 Å². The van der Waals surface area contributed by atoms with Gasteiger partial charge in [0.1, 0.15) is 5.82 Å². The summed E-state index contributed by atoms with van der Waals surface area (Å²) in [6.45, 7) is 1.81. The van der Waals surface area contributed by atoms with E-state index in [2.05, 4.69) is 10.3 Å². The molecule has 0 aliphatic carbocycles. The maximum absolute atomic E-state index is 13.3. The second-order valence-corrected chi connectivity index (χ2v) is 5.80. The number of hydrogen-bond acceptors (Lipinski definition) is 3. The predicted octanol–water partition coefficient (Wildman–Crippen LogP) is 5.15. The number of halogens is 1. The molecule has 0 radical (unpaired) electrons. The van der Waals surface area contributed by atoms with E-state index in [0.717, 1.165) is 16.0 Å². The molecule has 1 amide bonds. The minimum Gasteiger partial charge on any atom is -0.322 e. The fourth-order valence-corrected chi connectivity index (χ4v) is 2.77. The highest BCUT2D eigenvalue weighted by Gasteiger charge is 2.10. The fraction of sp³-hybridized carbons (Fsp3) is 0.111. The van der Waals surface area contributed by atoms with Gasteiger partial charge >= 0.3 is 0 Å². The zero-order valence-electron chi connectivity index (χ0n) is 11.8. The number of hydrogen-bond donors (Lipinski definition) is 1. The molecule has 0 saturated heterocycles. The molecule has 0 fully saturated rings. The van der Waals surface area contributed by atoms with E-state index >= 15 is 0 Å². The zero-order chi connectivity index (χ0) is 15.5. The minimum atomic E-state index is -0.383. The van der Waals surface area contributed by atoms with Crippen molar-refractivity contribution in [1.29, 1.82) is 0 Å². The third kappa shape index (κ3) is 3.81. The molecule has 0 spiro atoms. The Morgan fingerprint density at radius 3 is 2.78 bits per heavy atom. The maximum atomic E-state index is 13.3. The van der Waals surface area contributed by atoms with E-state index < -0.39 is 0 Å². The smallest absolute Gasteiger partial charge is 0.257 e. The quantitative estimate of drug-likeness (QED) is 0.723. The lowest BCUT2D eigenvalue weighted by molar-refractivity contribution is 0.102. The van der Waals surface area contributed by atoms with Gasteiger partial charge in [0.05, 0.1) is 5.56 Å². The van der Waals surface area contributed by atoms with Crippen LogP contribution in [0.2, 0.25) is 0 Å². The third-order valence-corrected chi connectivity index (χ3v) is 4.17. The summed E-state index contributed by atoms with van der Waals surface area (Å²) in [6.07, 6.45) is 3.22. The first-order valence-electron chi connectivity index (χ1n) is 6.70. The predicted molar refractivity (Wildman–Crippen MR) is 93.4 cm³/mol. The zero-order valence-corrected chi connectivity index (χ0v) is 12.7. The van der Waals surface area contributed by atoms with Crippen molar-refractivity contribution in [2.75, 3.05) is 5.32 Å². The topological polar surface area (TPSA) is 42.0 Å². The van der Waals surface area contributed by atoms with E-state index in [0.29, 0.717) is 11.3 Å². The summed E-state index contributed by atoms with van der Waals surface area (Å²) in [7, 11) is 0. The number of benzene rings is 1. The molecule has 1 aromatic carbocycles. The summed E-state index contributed by atoms with van der Waals surface area (Å²) in [6, 6.07) is 10.0. The molecule has 118 valence electrons. The van der Waals surface area contributed by atoms with Gasteiger partial charge in [0.2, 0.25) is 0 Å². The average molecular weight is 328 g/mol. The maximum Gasteiger partial charge on any atom is 0.257 e. The normalized spacial score (nSPS) is 10.0. The van der Waals surface area contributed by atoms with Gasteiger partial charge in [0, 0.05) is 28.5 Å². The second-order valence-electron chi connectivity index (χ2n) is 4.85. The number of carbonyl (C=O) groups is 1. The van der Waals surface area contributed by atoms with Crippen LogP contribution < -0.4 is 5.32 Å². The van der Waals surface area contributed by atoms with E-state index in [9.17, 15) is 9.18 Å². The summed E-state index contributed by atoms with van der Waals surface area (Å²) in [5, 5.41) is 4.69. The van der Waals surface area contributed by atoms with Crippen LogP contribution in [0.15, 0.2) is 54.2 Å². The van der Waals surface area contributed by atoms with Crippen LogP contribution in [-0.4, -0.2) is 10.9 Å². The third-order valence-electron chi connectivity index (χ3n) is 3.25. The number of nitrogens with zero attached hydrogens (tertiary/aromatic N) is 1. The summed E-state index contributed by atoms with van der Waals surface area (Å²) in [5.74, 6) is -0.689. The SMILES string of the molecule is C.Cc1ccc(F)cc1NC(=O)c1cncc(-c2cccs2)c1. The Bertz CT molecular complexity index is 816. The van der Waals surface area contributed by atoms with Gasteiger partial charge in [-0.2, -0.15) is 0 Å². The largest absolute Gasteiger partial charge is 0.322 e. The van der Waals surface area contributed by atoms with Crippen LogP contribution in [0.3, 0.4) is 0 Å². The summed E-state index contributed by atoms with van der Waals surface area (Å²) in [5.41, 5.74) is 2.59. The molecule has 5 heteroatoms. The summed E-state index contributed by atoms with van der Waals surface area (Å²) >= 11 is 1.58. The molecule has 0 unspecified atom stereocenters. The molecule has 0 atom stereocenters. The van der Waals surface area contributed by atoms with Gasteiger partial charge in [-0.3, -0.25) is 9.78 Å². The Morgan fingerprint density at radius 2 is 2.04 bits per heavy atom. The molecule has 0 saturated carbocycles. The van der Waals surface area contributed by atoms with Crippen molar-refractivity contribution in [3.63, 3.8) is 0 Å². The van der Waals surface area contributed by atoms with Gasteiger partial charge in [0.25, 0.3) is 5.91 Å². The van der Waals surface area contributed by atoms with Crippen LogP contribution in [0, 0.1) is 12.7 Å². The number of nitrogens with one attached hydrogen (secondary N) is 1. The first-order chi connectivity index (χ1) is 10.6. The van der Waals surface area contributed by atoms with Crippen LogP contribution in [0.25, 0.3) is 10.4 Å². The van der Waals surface area contributed by atoms with Crippen molar-refractivity contribution in [2.45, 2.75) is 14.4 Å². The van der Waals surface area contributed by atoms with E-state index in [1.54, 1.807) is 29.7 Å². The highest BCUT2D eigenvalue weighted by atomic mass is 32.1. The standard InChI is InChI=1S/C17H13FN2OS.CH4/c1-11-4-5-14(18)8-15(11)20-17(21)13-7-12(9-19-10-13)16-3-2-6-22-16;/h2-10H,1H3,(H,20,21);1H4. The van der Waals surface area contributed by atoms with Gasteiger partial charge in [0.15, 0.2) is 0 Å². The van der Waals surface area contributed by atoms with E-state index in [4.69, 9.17) is 0 Å². The number of carbonyl (C=O) groups excluding carboxylic acids is 1. The lowest BCUT2D eigenvalue weighted by Crippen LogP contribution is -2.13. The highest BCUT2D eigenvalue weighted by molar-refractivity contribution is 7.13. The second kappa shape index (κ2) is 7.15. The molecule has 2 heterocycles. The fourth-order valence-electron chi connectivity index (χ4n) is 2.07. The molecule has 1 N–H and O–H groups in total. The average Bonchev–Trinajstić information content (AvgIpc) is 3.05. The van der Waals surface area contributed by atoms with Crippen molar-refractivity contribution < 1.29 is 9.18 Å². The first kappa shape index (κ1) is 16.8. The lowest BCUT2D eigenvalue weighted by Gasteiger charge is -2.09. The number of rotatable bonds is 3. The first-order valence-corrected chi connectivity index (χ1v) is 7.58. The van der Waals surface area contributed by atoms with Gasteiger partial charge in [-0.05, 0) is 42.1 Å². The molecule has 0 aliphatic heterocycles. The van der Waals surface area contributed by atoms with Gasteiger partial charge in [-0.15, -0.1) is 11.3 Å². The molecule has 3 aromatic rings. The van der Waals surface area contributed by atoms with Crippen molar-refractivity contribution in [3.05, 3.63) is 71.1 Å². The molecule has 3 nitrogen and oxygen atoms in total. The molecular weight excluding hydrogens is 311 g/mol. The van der Waals surface area contributed by atoms with Crippen molar-refractivity contribution in [3.8, 4) is 10.4 Å². The van der Waals surface area contributed by atoms with Gasteiger partial charge in [-0.1, -0.05) is 19.6 Å².